The van der Waals surface area contributed by atoms with Crippen LogP contribution in [0.15, 0.2) is 35.9 Å². The molecule has 1 aromatic rings. The first-order valence-electron chi connectivity index (χ1n) is 4.76. The normalized spacial score (nSPS) is 15.1. The number of rotatable bonds is 2. The highest BCUT2D eigenvalue weighted by molar-refractivity contribution is 6.16. The minimum Gasteiger partial charge on any atom is -0.289 e. The van der Waals surface area contributed by atoms with Crippen LogP contribution in [0.2, 0.25) is 0 Å². The van der Waals surface area contributed by atoms with Gasteiger partial charge in [-0.05, 0) is 12.5 Å². The van der Waals surface area contributed by atoms with Gasteiger partial charge in [0.05, 0.1) is 0 Å². The minimum absolute atomic E-state index is 0.276. The van der Waals surface area contributed by atoms with E-state index in [9.17, 15) is 9.59 Å². The summed E-state index contributed by atoms with van der Waals surface area (Å²) in [6, 6.07) is 7.90. The van der Waals surface area contributed by atoms with Crippen LogP contribution in [0.5, 0.6) is 0 Å². The summed E-state index contributed by atoms with van der Waals surface area (Å²) in [5.41, 5.74) is 2.73. The fourth-order valence-electron chi connectivity index (χ4n) is 1.63. The number of hydrogen-bond donors (Lipinski definition) is 1. The molecule has 1 aromatic carbocycles. The Balaban J connectivity index is 2.19. The maximum Gasteiger partial charge on any atom is 0.254 e. The topological polar surface area (TPSA) is 46.2 Å². The molecule has 3 nitrogen and oxygen atoms in total. The molecule has 0 spiro atoms. The van der Waals surface area contributed by atoms with Crippen molar-refractivity contribution < 1.29 is 9.59 Å². The molecule has 1 aliphatic rings. The Morgan fingerprint density at radius 1 is 1.27 bits per heavy atom. The summed E-state index contributed by atoms with van der Waals surface area (Å²) in [5, 5.41) is 2.23. The number of hydrogen-bond acceptors (Lipinski definition) is 2. The lowest BCUT2D eigenvalue weighted by molar-refractivity contribution is -0.123. The summed E-state index contributed by atoms with van der Waals surface area (Å²) >= 11 is 0. The van der Waals surface area contributed by atoms with Gasteiger partial charge in [-0.1, -0.05) is 29.8 Å². The SMILES string of the molecule is Cc1cccc(CC2=CC(=O)NC2=O)c1. The van der Waals surface area contributed by atoms with Crippen molar-refractivity contribution in [3.8, 4) is 0 Å². The molecule has 15 heavy (non-hydrogen) atoms. The molecule has 2 rings (SSSR count). The number of imide groups is 1. The van der Waals surface area contributed by atoms with Gasteiger partial charge in [-0.25, -0.2) is 0 Å². The van der Waals surface area contributed by atoms with E-state index in [1.165, 1.54) is 6.08 Å². The number of nitrogens with one attached hydrogen (secondary N) is 1. The lowest BCUT2D eigenvalue weighted by atomic mass is 10.0. The van der Waals surface area contributed by atoms with Crippen LogP contribution in [0.25, 0.3) is 0 Å². The third-order valence-corrected chi connectivity index (χ3v) is 2.31. The minimum atomic E-state index is -0.317. The molecule has 0 saturated heterocycles. The van der Waals surface area contributed by atoms with Crippen LogP contribution in [0, 0.1) is 6.92 Å². The third-order valence-electron chi connectivity index (χ3n) is 2.31. The number of carbonyl (C=O) groups excluding carboxylic acids is 2. The van der Waals surface area contributed by atoms with Gasteiger partial charge >= 0.3 is 0 Å². The number of aryl methyl sites for hydroxylation is 1. The van der Waals surface area contributed by atoms with Crippen LogP contribution >= 0.6 is 0 Å². The maximum absolute atomic E-state index is 11.3. The summed E-state index contributed by atoms with van der Waals surface area (Å²) in [6.07, 6.45) is 1.88. The Kier molecular flexibility index (Phi) is 2.37. The van der Waals surface area contributed by atoms with E-state index in [0.29, 0.717) is 12.0 Å². The number of benzene rings is 1. The monoisotopic (exact) mass is 201 g/mol. The summed E-state index contributed by atoms with van der Waals surface area (Å²) in [6.45, 7) is 2.00. The van der Waals surface area contributed by atoms with Gasteiger partial charge in [-0.3, -0.25) is 14.9 Å². The fraction of sp³-hybridized carbons (Fsp3) is 0.167. The first kappa shape index (κ1) is 9.65. The van der Waals surface area contributed by atoms with Crippen molar-refractivity contribution in [2.75, 3.05) is 0 Å². The highest BCUT2D eigenvalue weighted by atomic mass is 16.2. The zero-order valence-corrected chi connectivity index (χ0v) is 8.41. The van der Waals surface area contributed by atoms with E-state index in [1.54, 1.807) is 0 Å². The van der Waals surface area contributed by atoms with Crippen LogP contribution in [-0.2, 0) is 16.0 Å². The van der Waals surface area contributed by atoms with E-state index in [2.05, 4.69) is 5.32 Å². The van der Waals surface area contributed by atoms with Gasteiger partial charge in [-0.15, -0.1) is 0 Å². The predicted molar refractivity (Wildman–Crippen MR) is 56.1 cm³/mol. The van der Waals surface area contributed by atoms with Crippen molar-refractivity contribution in [1.82, 2.24) is 5.32 Å². The molecule has 1 N–H and O–H groups in total. The Morgan fingerprint density at radius 3 is 2.67 bits per heavy atom. The van der Waals surface area contributed by atoms with E-state index >= 15 is 0 Å². The number of amides is 2. The van der Waals surface area contributed by atoms with Crippen molar-refractivity contribution >= 4 is 11.8 Å². The van der Waals surface area contributed by atoms with Gasteiger partial charge < -0.3 is 0 Å². The lowest BCUT2D eigenvalue weighted by Crippen LogP contribution is -2.22. The van der Waals surface area contributed by atoms with Gasteiger partial charge in [0.15, 0.2) is 0 Å². The van der Waals surface area contributed by atoms with Crippen LogP contribution < -0.4 is 5.32 Å². The Hall–Kier alpha value is -1.90. The summed E-state index contributed by atoms with van der Waals surface area (Å²) in [4.78, 5) is 22.2. The zero-order valence-electron chi connectivity index (χ0n) is 8.41. The smallest absolute Gasteiger partial charge is 0.254 e. The van der Waals surface area contributed by atoms with E-state index < -0.39 is 0 Å². The van der Waals surface area contributed by atoms with Crippen LogP contribution in [0.4, 0.5) is 0 Å². The van der Waals surface area contributed by atoms with Crippen molar-refractivity contribution in [3.05, 3.63) is 47.0 Å². The molecule has 0 fully saturated rings. The summed E-state index contributed by atoms with van der Waals surface area (Å²) < 4.78 is 0. The highest BCUT2D eigenvalue weighted by Gasteiger charge is 2.20. The quantitative estimate of drug-likeness (QED) is 0.729. The Labute approximate surface area is 87.8 Å². The van der Waals surface area contributed by atoms with Gasteiger partial charge in [0, 0.05) is 18.1 Å². The van der Waals surface area contributed by atoms with E-state index in [0.717, 1.165) is 11.1 Å². The molecule has 0 aliphatic carbocycles. The second kappa shape index (κ2) is 3.69. The fourth-order valence-corrected chi connectivity index (χ4v) is 1.63. The molecule has 0 unspecified atom stereocenters. The molecule has 1 aliphatic heterocycles. The molecule has 76 valence electrons. The van der Waals surface area contributed by atoms with E-state index in [-0.39, 0.29) is 11.8 Å². The van der Waals surface area contributed by atoms with E-state index in [1.807, 2.05) is 31.2 Å². The van der Waals surface area contributed by atoms with Gasteiger partial charge in [0.25, 0.3) is 11.8 Å². The Morgan fingerprint density at radius 2 is 2.07 bits per heavy atom. The molecule has 0 bridgehead atoms. The molecular weight excluding hydrogens is 190 g/mol. The molecule has 3 heteroatoms. The molecule has 0 aromatic heterocycles. The maximum atomic E-state index is 11.3. The van der Waals surface area contributed by atoms with Crippen molar-refractivity contribution in [1.29, 1.82) is 0 Å². The van der Waals surface area contributed by atoms with Crippen LogP contribution in [0.1, 0.15) is 11.1 Å². The molecule has 2 amide bonds. The van der Waals surface area contributed by atoms with Crippen molar-refractivity contribution in [2.24, 2.45) is 0 Å². The number of carbonyl (C=O) groups is 2. The highest BCUT2D eigenvalue weighted by Crippen LogP contribution is 2.12. The molecular formula is C12H11NO2. The van der Waals surface area contributed by atoms with Gasteiger partial charge in [0.1, 0.15) is 0 Å². The zero-order chi connectivity index (χ0) is 10.8. The Bertz CT molecular complexity index is 460. The largest absolute Gasteiger partial charge is 0.289 e. The first-order valence-corrected chi connectivity index (χ1v) is 4.76. The average molecular weight is 201 g/mol. The second-order valence-electron chi connectivity index (χ2n) is 3.65. The standard InChI is InChI=1S/C12H11NO2/c1-8-3-2-4-9(5-8)6-10-7-11(14)13-12(10)15/h2-5,7H,6H2,1H3,(H,13,14,15). The van der Waals surface area contributed by atoms with Gasteiger partial charge in [0.2, 0.25) is 0 Å². The van der Waals surface area contributed by atoms with Crippen LogP contribution in [-0.4, -0.2) is 11.8 Å². The average Bonchev–Trinajstić information content (AvgIpc) is 2.45. The van der Waals surface area contributed by atoms with Crippen LogP contribution in [0.3, 0.4) is 0 Å². The molecule has 0 atom stereocenters. The predicted octanol–water partition coefficient (Wildman–Crippen LogP) is 1.12. The molecule has 0 radical (unpaired) electrons. The lowest BCUT2D eigenvalue weighted by Gasteiger charge is -2.01. The second-order valence-corrected chi connectivity index (χ2v) is 3.65. The summed E-state index contributed by atoms with van der Waals surface area (Å²) in [5.74, 6) is -0.593. The first-order chi connectivity index (χ1) is 7.15. The summed E-state index contributed by atoms with van der Waals surface area (Å²) in [7, 11) is 0. The molecule has 1 heterocycles. The van der Waals surface area contributed by atoms with Crippen molar-refractivity contribution in [3.63, 3.8) is 0 Å². The van der Waals surface area contributed by atoms with E-state index in [4.69, 9.17) is 0 Å². The van der Waals surface area contributed by atoms with Crippen molar-refractivity contribution in [2.45, 2.75) is 13.3 Å². The van der Waals surface area contributed by atoms with Gasteiger partial charge in [-0.2, -0.15) is 0 Å². The third kappa shape index (κ3) is 2.13. The molecule has 0 saturated carbocycles.